The minimum absolute atomic E-state index is 0.609. The zero-order chi connectivity index (χ0) is 13.9. The predicted molar refractivity (Wildman–Crippen MR) is 82.4 cm³/mol. The van der Waals surface area contributed by atoms with Gasteiger partial charge in [0.15, 0.2) is 0 Å². The third-order valence-electron chi connectivity index (χ3n) is 4.71. The summed E-state index contributed by atoms with van der Waals surface area (Å²) in [5.41, 5.74) is 3.09. The molecule has 1 N–H and O–H groups in total. The zero-order valence-corrected chi connectivity index (χ0v) is 12.9. The first-order chi connectivity index (χ1) is 9.08. The quantitative estimate of drug-likeness (QED) is 0.804. The minimum Gasteiger partial charge on any atom is -0.381 e. The van der Waals surface area contributed by atoms with Crippen LogP contribution in [0.25, 0.3) is 0 Å². The van der Waals surface area contributed by atoms with Crippen LogP contribution in [0.5, 0.6) is 0 Å². The van der Waals surface area contributed by atoms with Crippen LogP contribution in [0.1, 0.15) is 59.1 Å². The number of nitrogens with zero attached hydrogens (tertiary/aromatic N) is 1. The number of anilines is 1. The standard InChI is InChI=1S/C17H28N2/c1-5-17(6-2)11-14(12-17)19-15-8-7-9-18-16(15)10-13(3)4/h7-9,13-14,19H,5-6,10-12H2,1-4H3. The molecule has 1 fully saturated rings. The Labute approximate surface area is 118 Å². The molecule has 2 rings (SSSR count). The first-order valence-corrected chi connectivity index (χ1v) is 7.79. The van der Waals surface area contributed by atoms with Gasteiger partial charge in [-0.3, -0.25) is 4.98 Å². The summed E-state index contributed by atoms with van der Waals surface area (Å²) in [5, 5.41) is 3.71. The molecule has 106 valence electrons. The van der Waals surface area contributed by atoms with Gasteiger partial charge in [0.1, 0.15) is 0 Å². The number of rotatable bonds is 6. The normalized spacial score (nSPS) is 18.4. The Morgan fingerprint density at radius 1 is 1.32 bits per heavy atom. The molecule has 1 aromatic heterocycles. The van der Waals surface area contributed by atoms with Gasteiger partial charge in [0.05, 0.1) is 11.4 Å². The van der Waals surface area contributed by atoms with Crippen LogP contribution in [-0.4, -0.2) is 11.0 Å². The third kappa shape index (κ3) is 3.29. The molecular weight excluding hydrogens is 232 g/mol. The maximum absolute atomic E-state index is 4.54. The van der Waals surface area contributed by atoms with Gasteiger partial charge in [-0.15, -0.1) is 0 Å². The Bertz CT molecular complexity index is 399. The van der Waals surface area contributed by atoms with Crippen LogP contribution in [0.2, 0.25) is 0 Å². The second-order valence-corrected chi connectivity index (χ2v) is 6.55. The molecule has 1 aliphatic carbocycles. The number of aromatic nitrogens is 1. The Kier molecular flexibility index (Phi) is 4.49. The fraction of sp³-hybridized carbons (Fsp3) is 0.706. The second-order valence-electron chi connectivity index (χ2n) is 6.55. The van der Waals surface area contributed by atoms with Crippen LogP contribution in [0, 0.1) is 11.3 Å². The Morgan fingerprint density at radius 2 is 2.00 bits per heavy atom. The summed E-state index contributed by atoms with van der Waals surface area (Å²) in [4.78, 5) is 4.54. The van der Waals surface area contributed by atoms with Gasteiger partial charge in [0.2, 0.25) is 0 Å². The molecule has 2 heteroatoms. The summed E-state index contributed by atoms with van der Waals surface area (Å²) in [6, 6.07) is 4.87. The highest BCUT2D eigenvalue weighted by molar-refractivity contribution is 5.49. The van der Waals surface area contributed by atoms with Crippen molar-refractivity contribution in [3.63, 3.8) is 0 Å². The van der Waals surface area contributed by atoms with Crippen LogP contribution in [-0.2, 0) is 6.42 Å². The highest BCUT2D eigenvalue weighted by Gasteiger charge is 2.41. The average molecular weight is 260 g/mol. The van der Waals surface area contributed by atoms with Crippen molar-refractivity contribution in [1.82, 2.24) is 4.98 Å². The van der Waals surface area contributed by atoms with E-state index in [2.05, 4.69) is 44.1 Å². The van der Waals surface area contributed by atoms with E-state index in [1.807, 2.05) is 12.3 Å². The average Bonchev–Trinajstić information content (AvgIpc) is 2.35. The van der Waals surface area contributed by atoms with E-state index in [1.165, 1.54) is 37.1 Å². The molecule has 1 aromatic rings. The minimum atomic E-state index is 0.609. The molecule has 0 unspecified atom stereocenters. The summed E-state index contributed by atoms with van der Waals surface area (Å²) in [6.07, 6.45) is 8.22. The number of nitrogens with one attached hydrogen (secondary N) is 1. The van der Waals surface area contributed by atoms with Crippen LogP contribution < -0.4 is 5.32 Å². The molecule has 1 heterocycles. The highest BCUT2D eigenvalue weighted by atomic mass is 15.0. The van der Waals surface area contributed by atoms with Crippen LogP contribution in [0.4, 0.5) is 5.69 Å². The summed E-state index contributed by atoms with van der Waals surface area (Å²) >= 11 is 0. The lowest BCUT2D eigenvalue weighted by Crippen LogP contribution is -2.44. The molecule has 2 nitrogen and oxygen atoms in total. The van der Waals surface area contributed by atoms with Gasteiger partial charge in [-0.2, -0.15) is 0 Å². The van der Waals surface area contributed by atoms with Crippen LogP contribution in [0.15, 0.2) is 18.3 Å². The first kappa shape index (κ1) is 14.4. The van der Waals surface area contributed by atoms with Crippen LogP contribution in [0.3, 0.4) is 0 Å². The van der Waals surface area contributed by atoms with E-state index in [9.17, 15) is 0 Å². The molecule has 0 aromatic carbocycles. The van der Waals surface area contributed by atoms with Gasteiger partial charge in [-0.1, -0.05) is 40.5 Å². The molecule has 1 aliphatic rings. The molecule has 0 bridgehead atoms. The molecule has 0 aliphatic heterocycles. The van der Waals surface area contributed by atoms with E-state index in [0.717, 1.165) is 6.42 Å². The van der Waals surface area contributed by atoms with Crippen molar-refractivity contribution in [2.75, 3.05) is 5.32 Å². The van der Waals surface area contributed by atoms with Crippen LogP contribution >= 0.6 is 0 Å². The largest absolute Gasteiger partial charge is 0.381 e. The monoisotopic (exact) mass is 260 g/mol. The van der Waals surface area contributed by atoms with Gasteiger partial charge in [-0.05, 0) is 42.7 Å². The van der Waals surface area contributed by atoms with Crippen molar-refractivity contribution in [2.45, 2.75) is 65.8 Å². The van der Waals surface area contributed by atoms with Gasteiger partial charge in [0, 0.05) is 12.2 Å². The van der Waals surface area contributed by atoms with Gasteiger partial charge in [0.25, 0.3) is 0 Å². The topological polar surface area (TPSA) is 24.9 Å². The highest BCUT2D eigenvalue weighted by Crippen LogP contribution is 2.47. The summed E-state index contributed by atoms with van der Waals surface area (Å²) in [6.45, 7) is 9.16. The summed E-state index contributed by atoms with van der Waals surface area (Å²) in [7, 11) is 0. The van der Waals surface area contributed by atoms with Crippen molar-refractivity contribution in [3.8, 4) is 0 Å². The molecule has 0 spiro atoms. The van der Waals surface area contributed by atoms with Crippen molar-refractivity contribution >= 4 is 5.69 Å². The smallest absolute Gasteiger partial charge is 0.0637 e. The van der Waals surface area contributed by atoms with E-state index in [0.29, 0.717) is 17.4 Å². The van der Waals surface area contributed by atoms with E-state index in [1.54, 1.807) is 0 Å². The molecule has 0 amide bonds. The fourth-order valence-electron chi connectivity index (χ4n) is 3.25. The first-order valence-electron chi connectivity index (χ1n) is 7.79. The van der Waals surface area contributed by atoms with Gasteiger partial charge >= 0.3 is 0 Å². The zero-order valence-electron chi connectivity index (χ0n) is 12.9. The number of hydrogen-bond acceptors (Lipinski definition) is 2. The SMILES string of the molecule is CCC1(CC)CC(Nc2cccnc2CC(C)C)C1. The molecule has 0 atom stereocenters. The Hall–Kier alpha value is -1.05. The third-order valence-corrected chi connectivity index (χ3v) is 4.71. The lowest BCUT2D eigenvalue weighted by atomic mass is 9.62. The van der Waals surface area contributed by atoms with Crippen molar-refractivity contribution in [2.24, 2.45) is 11.3 Å². The van der Waals surface area contributed by atoms with E-state index < -0.39 is 0 Å². The van der Waals surface area contributed by atoms with Crippen molar-refractivity contribution in [3.05, 3.63) is 24.0 Å². The molecule has 0 radical (unpaired) electrons. The number of hydrogen-bond donors (Lipinski definition) is 1. The Morgan fingerprint density at radius 3 is 2.58 bits per heavy atom. The molecule has 1 saturated carbocycles. The van der Waals surface area contributed by atoms with E-state index in [4.69, 9.17) is 0 Å². The maximum Gasteiger partial charge on any atom is 0.0637 e. The lowest BCUT2D eigenvalue weighted by Gasteiger charge is -2.48. The fourth-order valence-corrected chi connectivity index (χ4v) is 3.25. The lowest BCUT2D eigenvalue weighted by molar-refractivity contribution is 0.103. The molecular formula is C17H28N2. The molecule has 19 heavy (non-hydrogen) atoms. The van der Waals surface area contributed by atoms with Gasteiger partial charge < -0.3 is 5.32 Å². The van der Waals surface area contributed by atoms with E-state index in [-0.39, 0.29) is 0 Å². The second kappa shape index (κ2) is 5.94. The Balaban J connectivity index is 1.97. The predicted octanol–water partition coefficient (Wildman–Crippen LogP) is 4.66. The maximum atomic E-state index is 4.54. The van der Waals surface area contributed by atoms with Gasteiger partial charge in [-0.25, -0.2) is 0 Å². The van der Waals surface area contributed by atoms with Crippen molar-refractivity contribution in [1.29, 1.82) is 0 Å². The van der Waals surface area contributed by atoms with Crippen molar-refractivity contribution < 1.29 is 0 Å². The summed E-state index contributed by atoms with van der Waals surface area (Å²) < 4.78 is 0. The molecule has 0 saturated heterocycles. The number of pyridine rings is 1. The summed E-state index contributed by atoms with van der Waals surface area (Å²) in [5.74, 6) is 0.655. The van der Waals surface area contributed by atoms with E-state index >= 15 is 0 Å².